The highest BCUT2D eigenvalue weighted by Gasteiger charge is 2.21. The minimum absolute atomic E-state index is 0.160. The quantitative estimate of drug-likeness (QED) is 0.752. The molecule has 0 heterocycles. The van der Waals surface area contributed by atoms with Crippen molar-refractivity contribution in [2.45, 2.75) is 24.3 Å². The highest BCUT2D eigenvalue weighted by Crippen LogP contribution is 2.26. The Morgan fingerprint density at radius 1 is 1.45 bits per heavy atom. The first-order chi connectivity index (χ1) is 9.16. The molecule has 1 aromatic carbocycles. The Balaban J connectivity index is 3.27. The topological polar surface area (TPSA) is 124 Å². The molecule has 0 bridgehead atoms. The predicted molar refractivity (Wildman–Crippen MR) is 70.3 cm³/mol. The van der Waals surface area contributed by atoms with Crippen molar-refractivity contribution in [3.05, 3.63) is 23.8 Å². The largest absolute Gasteiger partial charge is 0.480 e. The Bertz CT molecular complexity index is 642. The fourth-order valence-electron chi connectivity index (χ4n) is 1.43. The molecule has 0 aliphatic carbocycles. The van der Waals surface area contributed by atoms with E-state index in [1.165, 1.54) is 0 Å². The minimum atomic E-state index is -4.06. The summed E-state index contributed by atoms with van der Waals surface area (Å²) in [4.78, 5) is 21.8. The second-order valence-electron chi connectivity index (χ2n) is 3.82. The van der Waals surface area contributed by atoms with Gasteiger partial charge in [-0.05, 0) is 24.6 Å². The minimum Gasteiger partial charge on any atom is -0.480 e. The number of hydrogen-bond acceptors (Lipinski definition) is 5. The van der Waals surface area contributed by atoms with Crippen molar-refractivity contribution in [1.29, 1.82) is 0 Å². The van der Waals surface area contributed by atoms with Crippen molar-refractivity contribution in [3.63, 3.8) is 0 Å². The molecule has 110 valence electrons. The van der Waals surface area contributed by atoms with Crippen molar-refractivity contribution < 1.29 is 27.9 Å². The van der Waals surface area contributed by atoms with E-state index in [1.54, 1.807) is 6.92 Å². The van der Waals surface area contributed by atoms with Gasteiger partial charge in [0.25, 0.3) is 15.0 Å². The van der Waals surface area contributed by atoms with Crippen molar-refractivity contribution in [1.82, 2.24) is 0 Å². The number of ether oxygens (including phenoxy) is 1. The molecule has 1 rings (SSSR count). The van der Waals surface area contributed by atoms with Gasteiger partial charge in [-0.3, -0.25) is 4.79 Å². The van der Waals surface area contributed by atoms with Crippen LogP contribution < -0.4 is 10.5 Å². The maximum atomic E-state index is 11.2. The normalized spacial score (nSPS) is 12.7. The Morgan fingerprint density at radius 2 is 2.05 bits per heavy atom. The van der Waals surface area contributed by atoms with Gasteiger partial charge in [-0.2, -0.15) is 0 Å². The molecule has 0 aliphatic rings. The molecule has 7 nitrogen and oxygen atoms in total. The zero-order valence-electron chi connectivity index (χ0n) is 10.4. The summed E-state index contributed by atoms with van der Waals surface area (Å²) in [5, 5.41) is 9.05. The summed E-state index contributed by atoms with van der Waals surface area (Å²) in [6.45, 7) is 1.63. The lowest BCUT2D eigenvalue weighted by molar-refractivity contribution is -0.124. The molecule has 1 atom stereocenters. The number of hydrogen-bond donors (Lipinski definition) is 2. The molecule has 0 aromatic heterocycles. The van der Waals surface area contributed by atoms with Gasteiger partial charge >= 0.3 is 5.97 Å². The molecule has 0 radical (unpaired) electrons. The number of amides is 1. The number of nitrogens with two attached hydrogens (primary N) is 1. The van der Waals surface area contributed by atoms with Crippen LogP contribution >= 0.6 is 10.7 Å². The van der Waals surface area contributed by atoms with E-state index in [0.717, 1.165) is 18.2 Å². The number of aromatic carboxylic acids is 1. The molecular weight excluding hydrogens is 310 g/mol. The van der Waals surface area contributed by atoms with Crippen LogP contribution in [-0.4, -0.2) is 31.5 Å². The molecule has 0 aliphatic heterocycles. The van der Waals surface area contributed by atoms with Crippen LogP contribution in [0.3, 0.4) is 0 Å². The van der Waals surface area contributed by atoms with E-state index < -0.39 is 32.6 Å². The molecule has 9 heteroatoms. The van der Waals surface area contributed by atoms with Crippen molar-refractivity contribution >= 4 is 31.6 Å². The molecule has 1 amide bonds. The average Bonchev–Trinajstić information content (AvgIpc) is 2.34. The SMILES string of the molecule is CCC(Oc1ccc(S(=O)(=O)Cl)cc1C(=O)O)C(N)=O. The first kappa shape index (κ1) is 16.3. The highest BCUT2D eigenvalue weighted by molar-refractivity contribution is 8.13. The standard InChI is InChI=1S/C11H12ClNO6S/c1-2-8(10(13)14)19-9-4-3-6(20(12,17)18)5-7(9)11(15)16/h3-5,8H,2H2,1H3,(H2,13,14)(H,15,16). The van der Waals surface area contributed by atoms with Gasteiger partial charge in [0, 0.05) is 10.7 Å². The second-order valence-corrected chi connectivity index (χ2v) is 6.38. The molecule has 0 fully saturated rings. The van der Waals surface area contributed by atoms with Crippen molar-refractivity contribution in [2.24, 2.45) is 5.73 Å². The summed E-state index contributed by atoms with van der Waals surface area (Å²) in [7, 11) is 1.07. The molecule has 0 saturated carbocycles. The Hall–Kier alpha value is -1.80. The van der Waals surface area contributed by atoms with Crippen LogP contribution in [0.1, 0.15) is 23.7 Å². The van der Waals surface area contributed by atoms with Gasteiger partial charge in [-0.1, -0.05) is 6.92 Å². The van der Waals surface area contributed by atoms with Gasteiger partial charge in [0.2, 0.25) is 0 Å². The lowest BCUT2D eigenvalue weighted by atomic mass is 10.2. The predicted octanol–water partition coefficient (Wildman–Crippen LogP) is 0.955. The summed E-state index contributed by atoms with van der Waals surface area (Å²) in [6.07, 6.45) is -0.768. The van der Waals surface area contributed by atoms with E-state index >= 15 is 0 Å². The van der Waals surface area contributed by atoms with Crippen LogP contribution in [0.25, 0.3) is 0 Å². The Labute approximate surface area is 119 Å². The number of carbonyl (C=O) groups excluding carboxylic acids is 1. The molecule has 1 unspecified atom stereocenters. The van der Waals surface area contributed by atoms with E-state index in [1.807, 2.05) is 0 Å². The van der Waals surface area contributed by atoms with Gasteiger partial charge in [-0.25, -0.2) is 13.2 Å². The van der Waals surface area contributed by atoms with Gasteiger partial charge in [0.1, 0.15) is 11.3 Å². The maximum Gasteiger partial charge on any atom is 0.339 e. The first-order valence-corrected chi connectivity index (χ1v) is 7.75. The van der Waals surface area contributed by atoms with Gasteiger partial charge < -0.3 is 15.6 Å². The summed E-state index contributed by atoms with van der Waals surface area (Å²) in [6, 6.07) is 3.05. The van der Waals surface area contributed by atoms with E-state index in [-0.39, 0.29) is 17.1 Å². The number of carboxylic acid groups (broad SMARTS) is 1. The number of benzene rings is 1. The Kier molecular flexibility index (Phi) is 4.96. The van der Waals surface area contributed by atoms with E-state index in [0.29, 0.717) is 0 Å². The highest BCUT2D eigenvalue weighted by atomic mass is 35.7. The molecule has 20 heavy (non-hydrogen) atoms. The summed E-state index contributed by atoms with van der Waals surface area (Å²) >= 11 is 0. The third kappa shape index (κ3) is 3.84. The van der Waals surface area contributed by atoms with Gasteiger partial charge in [0.15, 0.2) is 6.10 Å². The van der Waals surface area contributed by atoms with Crippen LogP contribution in [0.4, 0.5) is 0 Å². The summed E-state index contributed by atoms with van der Waals surface area (Å²) in [5.74, 6) is -2.33. The van der Waals surface area contributed by atoms with Crippen LogP contribution in [-0.2, 0) is 13.8 Å². The van der Waals surface area contributed by atoms with Crippen LogP contribution in [0, 0.1) is 0 Å². The van der Waals surface area contributed by atoms with Crippen LogP contribution in [0.5, 0.6) is 5.75 Å². The molecular formula is C11H12ClNO6S. The third-order valence-corrected chi connectivity index (χ3v) is 3.77. The first-order valence-electron chi connectivity index (χ1n) is 5.44. The fraction of sp³-hybridized carbons (Fsp3) is 0.273. The van der Waals surface area contributed by atoms with Crippen molar-refractivity contribution in [2.75, 3.05) is 0 Å². The van der Waals surface area contributed by atoms with E-state index in [9.17, 15) is 18.0 Å². The molecule has 3 N–H and O–H groups in total. The Morgan fingerprint density at radius 3 is 2.45 bits per heavy atom. The van der Waals surface area contributed by atoms with Gasteiger partial charge in [0.05, 0.1) is 4.90 Å². The van der Waals surface area contributed by atoms with E-state index in [2.05, 4.69) is 0 Å². The lowest BCUT2D eigenvalue weighted by Crippen LogP contribution is -2.33. The zero-order valence-corrected chi connectivity index (χ0v) is 11.9. The number of carboxylic acids is 1. The van der Waals surface area contributed by atoms with Crippen molar-refractivity contribution in [3.8, 4) is 5.75 Å². The molecule has 0 spiro atoms. The number of halogens is 1. The lowest BCUT2D eigenvalue weighted by Gasteiger charge is -2.16. The summed E-state index contributed by atoms with van der Waals surface area (Å²) < 4.78 is 27.5. The number of primary amides is 1. The molecule has 0 saturated heterocycles. The smallest absolute Gasteiger partial charge is 0.339 e. The zero-order chi connectivity index (χ0) is 15.5. The average molecular weight is 322 g/mol. The summed E-state index contributed by atoms with van der Waals surface area (Å²) in [5.41, 5.74) is 4.67. The van der Waals surface area contributed by atoms with Gasteiger partial charge in [-0.15, -0.1) is 0 Å². The third-order valence-electron chi connectivity index (χ3n) is 2.42. The van der Waals surface area contributed by atoms with E-state index in [4.69, 9.17) is 26.3 Å². The monoisotopic (exact) mass is 321 g/mol. The number of carbonyl (C=O) groups is 2. The van der Waals surface area contributed by atoms with Crippen LogP contribution in [0.15, 0.2) is 23.1 Å². The number of rotatable bonds is 6. The van der Waals surface area contributed by atoms with Crippen LogP contribution in [0.2, 0.25) is 0 Å². The maximum absolute atomic E-state index is 11.2. The fourth-order valence-corrected chi connectivity index (χ4v) is 2.20. The second kappa shape index (κ2) is 6.10. The molecule has 1 aromatic rings.